The number of carbonyl (C=O) groups is 4. The highest BCUT2D eigenvalue weighted by molar-refractivity contribution is 6.22. The molecule has 0 aromatic heterocycles. The number of amides is 4. The number of benzene rings is 2. The second kappa shape index (κ2) is 6.80. The minimum Gasteiger partial charge on any atom is -0.482 e. The highest BCUT2D eigenvalue weighted by Crippen LogP contribution is 2.34. The lowest BCUT2D eigenvalue weighted by Gasteiger charge is -2.28. The molecule has 2 aliphatic rings. The summed E-state index contributed by atoms with van der Waals surface area (Å²) in [6, 6.07) is 11.4. The molecular weight excluding hydrogens is 362 g/mol. The Bertz CT molecular complexity index is 982. The van der Waals surface area contributed by atoms with Crippen LogP contribution in [0.25, 0.3) is 0 Å². The average molecular weight is 379 g/mol. The Hall–Kier alpha value is -3.68. The van der Waals surface area contributed by atoms with E-state index < -0.39 is 24.3 Å². The molecule has 1 N–H and O–H groups in total. The van der Waals surface area contributed by atoms with Crippen LogP contribution in [0.1, 0.15) is 27.6 Å². The van der Waals surface area contributed by atoms with Gasteiger partial charge in [-0.05, 0) is 37.3 Å². The lowest BCUT2D eigenvalue weighted by atomic mass is 10.1. The van der Waals surface area contributed by atoms with Crippen molar-refractivity contribution in [3.63, 3.8) is 0 Å². The zero-order chi connectivity index (χ0) is 19.8. The van der Waals surface area contributed by atoms with Gasteiger partial charge < -0.3 is 15.0 Å². The van der Waals surface area contributed by atoms with Gasteiger partial charge in [-0.25, -0.2) is 0 Å². The maximum Gasteiger partial charge on any atom is 0.265 e. The molecule has 142 valence electrons. The van der Waals surface area contributed by atoms with Crippen LogP contribution in [0.3, 0.4) is 0 Å². The van der Waals surface area contributed by atoms with Crippen molar-refractivity contribution in [3.8, 4) is 5.75 Å². The van der Waals surface area contributed by atoms with Crippen LogP contribution in [0.5, 0.6) is 5.75 Å². The van der Waals surface area contributed by atoms with Gasteiger partial charge in [-0.1, -0.05) is 12.1 Å². The van der Waals surface area contributed by atoms with E-state index in [9.17, 15) is 19.2 Å². The van der Waals surface area contributed by atoms with Crippen molar-refractivity contribution in [1.82, 2.24) is 4.90 Å². The molecule has 0 saturated carbocycles. The van der Waals surface area contributed by atoms with E-state index in [1.54, 1.807) is 47.4 Å². The molecule has 4 rings (SSSR count). The Balaban J connectivity index is 1.50. The first-order valence-electron chi connectivity index (χ1n) is 8.82. The largest absolute Gasteiger partial charge is 0.482 e. The number of imide groups is 1. The van der Waals surface area contributed by atoms with Gasteiger partial charge in [0.25, 0.3) is 17.7 Å². The predicted molar refractivity (Wildman–Crippen MR) is 100 cm³/mol. The van der Waals surface area contributed by atoms with E-state index in [-0.39, 0.29) is 12.5 Å². The third-order valence-electron chi connectivity index (χ3n) is 4.68. The SMILES string of the molecule is CCN1C(=O)COc2ccc(NC(=O)CN3C(=O)c4ccccc4C3=O)cc21. The molecule has 0 saturated heterocycles. The summed E-state index contributed by atoms with van der Waals surface area (Å²) in [5.74, 6) is -1.10. The Morgan fingerprint density at radius 2 is 1.71 bits per heavy atom. The molecule has 2 aromatic rings. The molecule has 0 spiro atoms. The fraction of sp³-hybridized carbons (Fsp3) is 0.200. The number of carbonyl (C=O) groups excluding carboxylic acids is 4. The second-order valence-corrected chi connectivity index (χ2v) is 6.40. The minimum absolute atomic E-state index is 0.0215. The van der Waals surface area contributed by atoms with Gasteiger partial charge in [0, 0.05) is 12.2 Å². The number of nitrogens with one attached hydrogen (secondary N) is 1. The fourth-order valence-corrected chi connectivity index (χ4v) is 3.35. The molecule has 2 aromatic carbocycles. The summed E-state index contributed by atoms with van der Waals surface area (Å²) < 4.78 is 5.40. The quantitative estimate of drug-likeness (QED) is 0.815. The van der Waals surface area contributed by atoms with Crippen LogP contribution in [0, 0.1) is 0 Å². The summed E-state index contributed by atoms with van der Waals surface area (Å²) in [6.45, 7) is 1.91. The van der Waals surface area contributed by atoms with Crippen LogP contribution >= 0.6 is 0 Å². The van der Waals surface area contributed by atoms with E-state index in [4.69, 9.17) is 4.74 Å². The average Bonchev–Trinajstić information content (AvgIpc) is 2.93. The Morgan fingerprint density at radius 1 is 1.04 bits per heavy atom. The maximum atomic E-state index is 12.4. The lowest BCUT2D eigenvalue weighted by Crippen LogP contribution is -2.39. The van der Waals surface area contributed by atoms with Crippen LogP contribution in [0.2, 0.25) is 0 Å². The minimum atomic E-state index is -0.513. The number of hydrogen-bond donors (Lipinski definition) is 1. The molecule has 2 heterocycles. The van der Waals surface area contributed by atoms with Crippen LogP contribution in [-0.4, -0.2) is 48.2 Å². The molecular formula is C20H17N3O5. The summed E-state index contributed by atoms with van der Waals surface area (Å²) in [5.41, 5.74) is 1.60. The lowest BCUT2D eigenvalue weighted by molar-refractivity contribution is -0.121. The maximum absolute atomic E-state index is 12.4. The van der Waals surface area contributed by atoms with Crippen molar-refractivity contribution >= 4 is 35.0 Å². The first-order chi connectivity index (χ1) is 13.5. The number of anilines is 2. The predicted octanol–water partition coefficient (Wildman–Crippen LogP) is 1.67. The summed E-state index contributed by atoms with van der Waals surface area (Å²) in [5, 5.41) is 2.67. The Kier molecular flexibility index (Phi) is 4.31. The van der Waals surface area contributed by atoms with Gasteiger partial charge >= 0.3 is 0 Å². The Labute approximate surface area is 160 Å². The third kappa shape index (κ3) is 2.88. The van der Waals surface area contributed by atoms with E-state index in [0.29, 0.717) is 34.8 Å². The van der Waals surface area contributed by atoms with Crippen molar-refractivity contribution < 1.29 is 23.9 Å². The van der Waals surface area contributed by atoms with Gasteiger partial charge in [-0.3, -0.25) is 24.1 Å². The molecule has 2 aliphatic heterocycles. The van der Waals surface area contributed by atoms with E-state index >= 15 is 0 Å². The zero-order valence-electron chi connectivity index (χ0n) is 15.1. The molecule has 0 fully saturated rings. The Morgan fingerprint density at radius 3 is 2.36 bits per heavy atom. The van der Waals surface area contributed by atoms with Crippen molar-refractivity contribution in [2.45, 2.75) is 6.92 Å². The van der Waals surface area contributed by atoms with Gasteiger partial charge in [0.05, 0.1) is 16.8 Å². The third-order valence-corrected chi connectivity index (χ3v) is 4.68. The van der Waals surface area contributed by atoms with Gasteiger partial charge in [0.2, 0.25) is 5.91 Å². The molecule has 0 aliphatic carbocycles. The number of rotatable bonds is 4. The summed E-state index contributed by atoms with van der Waals surface area (Å²) in [4.78, 5) is 51.6. The fourth-order valence-electron chi connectivity index (χ4n) is 3.35. The first kappa shape index (κ1) is 17.7. The number of fused-ring (bicyclic) bond motifs is 2. The topological polar surface area (TPSA) is 96.0 Å². The molecule has 0 atom stereocenters. The van der Waals surface area contributed by atoms with Gasteiger partial charge in [0.1, 0.15) is 12.3 Å². The molecule has 0 bridgehead atoms. The molecule has 8 nitrogen and oxygen atoms in total. The highest BCUT2D eigenvalue weighted by atomic mass is 16.5. The van der Waals surface area contributed by atoms with Crippen molar-refractivity contribution in [3.05, 3.63) is 53.6 Å². The zero-order valence-corrected chi connectivity index (χ0v) is 15.1. The summed E-state index contributed by atoms with van der Waals surface area (Å²) >= 11 is 0. The molecule has 4 amide bonds. The van der Waals surface area contributed by atoms with E-state index in [1.165, 1.54) is 0 Å². The number of nitrogens with zero attached hydrogens (tertiary/aromatic N) is 2. The van der Waals surface area contributed by atoms with Crippen molar-refractivity contribution in [2.24, 2.45) is 0 Å². The van der Waals surface area contributed by atoms with Gasteiger partial charge in [-0.2, -0.15) is 0 Å². The van der Waals surface area contributed by atoms with Crippen molar-refractivity contribution in [1.29, 1.82) is 0 Å². The van der Waals surface area contributed by atoms with E-state index in [0.717, 1.165) is 4.90 Å². The number of likely N-dealkylation sites (N-methyl/N-ethyl adjacent to an activating group) is 1. The van der Waals surface area contributed by atoms with Crippen LogP contribution in [0.4, 0.5) is 11.4 Å². The smallest absolute Gasteiger partial charge is 0.265 e. The summed E-state index contributed by atoms with van der Waals surface area (Å²) in [6.07, 6.45) is 0. The molecule has 0 radical (unpaired) electrons. The van der Waals surface area contributed by atoms with Crippen LogP contribution in [-0.2, 0) is 9.59 Å². The molecule has 28 heavy (non-hydrogen) atoms. The molecule has 8 heteroatoms. The van der Waals surface area contributed by atoms with Gasteiger partial charge in [0.15, 0.2) is 6.61 Å². The monoisotopic (exact) mass is 379 g/mol. The number of ether oxygens (including phenoxy) is 1. The standard InChI is InChI=1S/C20H17N3O5/c1-2-22-15-9-12(7-8-16(15)28-11-18(22)25)21-17(24)10-23-19(26)13-5-3-4-6-14(13)20(23)27/h3-9H,2,10-11H2,1H3,(H,21,24). The molecule has 0 unspecified atom stereocenters. The van der Waals surface area contributed by atoms with E-state index in [1.807, 2.05) is 6.92 Å². The second-order valence-electron chi connectivity index (χ2n) is 6.40. The normalized spacial score (nSPS) is 15.2. The van der Waals surface area contributed by atoms with Gasteiger partial charge in [-0.15, -0.1) is 0 Å². The first-order valence-corrected chi connectivity index (χ1v) is 8.82. The van der Waals surface area contributed by atoms with Crippen LogP contribution in [0.15, 0.2) is 42.5 Å². The van der Waals surface area contributed by atoms with E-state index in [2.05, 4.69) is 5.32 Å². The summed E-state index contributed by atoms with van der Waals surface area (Å²) in [7, 11) is 0. The van der Waals surface area contributed by atoms with Crippen LogP contribution < -0.4 is 15.0 Å². The van der Waals surface area contributed by atoms with Crippen molar-refractivity contribution in [2.75, 3.05) is 29.9 Å². The highest BCUT2D eigenvalue weighted by Gasteiger charge is 2.36. The number of hydrogen-bond acceptors (Lipinski definition) is 5.